The molecule has 5 nitrogen and oxygen atoms in total. The minimum absolute atomic E-state index is 0.588. The number of hydrogen-bond acceptors (Lipinski definition) is 4. The Balaban J connectivity index is 3.86. The third-order valence-electron chi connectivity index (χ3n) is 0.660. The lowest BCUT2D eigenvalue weighted by atomic mass is 10.6. The number of amides is 2. The Morgan fingerprint density at radius 2 is 1.80 bits per heavy atom. The van der Waals surface area contributed by atoms with Gasteiger partial charge >= 0.3 is 11.9 Å². The van der Waals surface area contributed by atoms with E-state index in [1.807, 2.05) is 0 Å². The van der Waals surface area contributed by atoms with Gasteiger partial charge < -0.3 is 4.74 Å². The second-order valence-corrected chi connectivity index (χ2v) is 1.50. The van der Waals surface area contributed by atoms with E-state index in [0.29, 0.717) is 0 Å². The average Bonchev–Trinajstić information content (AvgIpc) is 1.85. The Hall–Kier alpha value is -1.39. The SMILES string of the molecule is COC(=O)C(=O)NC(C)=O. The van der Waals surface area contributed by atoms with E-state index in [9.17, 15) is 14.4 Å². The molecule has 0 aliphatic rings. The highest BCUT2D eigenvalue weighted by Crippen LogP contribution is 1.72. The van der Waals surface area contributed by atoms with Crippen LogP contribution in [0.15, 0.2) is 0 Å². The van der Waals surface area contributed by atoms with Crippen molar-refractivity contribution < 1.29 is 19.1 Å². The van der Waals surface area contributed by atoms with Gasteiger partial charge in [0.05, 0.1) is 7.11 Å². The molecule has 0 aromatic carbocycles. The lowest BCUT2D eigenvalue weighted by Crippen LogP contribution is -2.34. The van der Waals surface area contributed by atoms with Crippen LogP contribution in [0.3, 0.4) is 0 Å². The van der Waals surface area contributed by atoms with Crippen LogP contribution < -0.4 is 5.32 Å². The number of methoxy groups -OCH3 is 1. The van der Waals surface area contributed by atoms with Crippen LogP contribution in [0.5, 0.6) is 0 Å². The van der Waals surface area contributed by atoms with Gasteiger partial charge in [-0.1, -0.05) is 0 Å². The van der Waals surface area contributed by atoms with Crippen molar-refractivity contribution in [3.8, 4) is 0 Å². The normalized spacial score (nSPS) is 8.20. The maximum atomic E-state index is 10.4. The van der Waals surface area contributed by atoms with Crippen molar-refractivity contribution in [3.05, 3.63) is 0 Å². The molecule has 0 radical (unpaired) electrons. The summed E-state index contributed by atoms with van der Waals surface area (Å²) >= 11 is 0. The van der Waals surface area contributed by atoms with Gasteiger partial charge in [-0.2, -0.15) is 0 Å². The summed E-state index contributed by atoms with van der Waals surface area (Å²) in [6, 6.07) is 0. The minimum atomic E-state index is -1.07. The number of ether oxygens (including phenoxy) is 1. The lowest BCUT2D eigenvalue weighted by molar-refractivity contribution is -0.153. The highest BCUT2D eigenvalue weighted by atomic mass is 16.5. The Kier molecular flexibility index (Phi) is 3.10. The molecule has 0 unspecified atom stereocenters. The first-order valence-electron chi connectivity index (χ1n) is 2.47. The molecule has 0 fully saturated rings. The second-order valence-electron chi connectivity index (χ2n) is 1.50. The molecule has 0 saturated carbocycles. The molecule has 0 saturated heterocycles. The van der Waals surface area contributed by atoms with Crippen LogP contribution in [0.25, 0.3) is 0 Å². The Morgan fingerprint density at radius 1 is 1.30 bits per heavy atom. The van der Waals surface area contributed by atoms with Crippen molar-refractivity contribution in [3.63, 3.8) is 0 Å². The summed E-state index contributed by atoms with van der Waals surface area (Å²) in [5.74, 6) is -2.71. The maximum Gasteiger partial charge on any atom is 0.396 e. The van der Waals surface area contributed by atoms with Crippen molar-refractivity contribution in [2.45, 2.75) is 6.92 Å². The molecule has 1 N–H and O–H groups in total. The molecule has 0 rings (SSSR count). The number of imide groups is 1. The molecular formula is C5H7NO4. The van der Waals surface area contributed by atoms with Crippen LogP contribution in [0.2, 0.25) is 0 Å². The first-order chi connectivity index (χ1) is 4.57. The van der Waals surface area contributed by atoms with Crippen molar-refractivity contribution in [1.82, 2.24) is 5.32 Å². The number of nitrogens with one attached hydrogen (secondary N) is 1. The number of carbonyl (C=O) groups is 3. The van der Waals surface area contributed by atoms with Gasteiger partial charge in [-0.3, -0.25) is 14.9 Å². The predicted molar refractivity (Wildman–Crippen MR) is 30.8 cm³/mol. The second kappa shape index (κ2) is 3.60. The van der Waals surface area contributed by atoms with E-state index < -0.39 is 17.8 Å². The number of carbonyl (C=O) groups excluding carboxylic acids is 3. The molecule has 0 heterocycles. The van der Waals surface area contributed by atoms with Gasteiger partial charge in [0.1, 0.15) is 0 Å². The Labute approximate surface area is 57.3 Å². The molecule has 10 heavy (non-hydrogen) atoms. The molecule has 0 aliphatic carbocycles. The first kappa shape index (κ1) is 8.61. The molecule has 5 heteroatoms. The molecule has 0 aromatic heterocycles. The van der Waals surface area contributed by atoms with Crippen molar-refractivity contribution >= 4 is 17.8 Å². The monoisotopic (exact) mass is 145 g/mol. The minimum Gasteiger partial charge on any atom is -0.462 e. The highest BCUT2D eigenvalue weighted by Gasteiger charge is 2.13. The van der Waals surface area contributed by atoms with E-state index in [0.717, 1.165) is 14.0 Å². The zero-order chi connectivity index (χ0) is 8.15. The highest BCUT2D eigenvalue weighted by molar-refractivity contribution is 6.35. The summed E-state index contributed by atoms with van der Waals surface area (Å²) in [5, 5.41) is 1.74. The van der Waals surface area contributed by atoms with E-state index in [-0.39, 0.29) is 0 Å². The summed E-state index contributed by atoms with van der Waals surface area (Å²) < 4.78 is 4.01. The molecule has 0 atom stereocenters. The molecule has 0 bridgehead atoms. The quantitative estimate of drug-likeness (QED) is 0.344. The van der Waals surface area contributed by atoms with Crippen LogP contribution in [0.1, 0.15) is 6.92 Å². The van der Waals surface area contributed by atoms with Crippen LogP contribution >= 0.6 is 0 Å². The van der Waals surface area contributed by atoms with Crippen LogP contribution in [0, 0.1) is 0 Å². The third-order valence-corrected chi connectivity index (χ3v) is 0.660. The smallest absolute Gasteiger partial charge is 0.396 e. The first-order valence-corrected chi connectivity index (χ1v) is 2.47. The fraction of sp³-hybridized carbons (Fsp3) is 0.400. The van der Waals surface area contributed by atoms with Gasteiger partial charge in [-0.25, -0.2) is 4.79 Å². The zero-order valence-electron chi connectivity index (χ0n) is 5.63. The number of esters is 1. The summed E-state index contributed by atoms with van der Waals surface area (Å²) in [6.45, 7) is 1.13. The topological polar surface area (TPSA) is 72.5 Å². The van der Waals surface area contributed by atoms with Crippen LogP contribution in [-0.4, -0.2) is 24.9 Å². The van der Waals surface area contributed by atoms with Crippen LogP contribution in [0.4, 0.5) is 0 Å². The number of rotatable bonds is 0. The van der Waals surface area contributed by atoms with Crippen LogP contribution in [-0.2, 0) is 19.1 Å². The largest absolute Gasteiger partial charge is 0.462 e. The molecule has 0 spiro atoms. The van der Waals surface area contributed by atoms with E-state index >= 15 is 0 Å². The van der Waals surface area contributed by atoms with Gasteiger partial charge in [-0.15, -0.1) is 0 Å². The Bertz CT molecular complexity index is 174. The summed E-state index contributed by atoms with van der Waals surface area (Å²) in [6.07, 6.45) is 0. The fourth-order valence-corrected chi connectivity index (χ4v) is 0.304. The maximum absolute atomic E-state index is 10.4. The molecule has 0 aliphatic heterocycles. The van der Waals surface area contributed by atoms with Gasteiger partial charge in [0, 0.05) is 6.92 Å². The molecular weight excluding hydrogens is 138 g/mol. The van der Waals surface area contributed by atoms with Crippen molar-refractivity contribution in [2.75, 3.05) is 7.11 Å². The summed E-state index contributed by atoms with van der Waals surface area (Å²) in [7, 11) is 1.06. The molecule has 2 amide bonds. The van der Waals surface area contributed by atoms with Gasteiger partial charge in [0.25, 0.3) is 0 Å². The molecule has 0 aromatic rings. The lowest BCUT2D eigenvalue weighted by Gasteiger charge is -1.96. The van der Waals surface area contributed by atoms with Gasteiger partial charge in [0.2, 0.25) is 5.91 Å². The Morgan fingerprint density at radius 3 is 2.10 bits per heavy atom. The van der Waals surface area contributed by atoms with E-state index in [2.05, 4.69) is 4.74 Å². The van der Waals surface area contributed by atoms with E-state index in [1.165, 1.54) is 0 Å². The average molecular weight is 145 g/mol. The summed E-state index contributed by atoms with van der Waals surface area (Å²) in [5.41, 5.74) is 0. The third kappa shape index (κ3) is 2.81. The van der Waals surface area contributed by atoms with Gasteiger partial charge in [0.15, 0.2) is 0 Å². The summed E-state index contributed by atoms with van der Waals surface area (Å²) in [4.78, 5) is 30.8. The van der Waals surface area contributed by atoms with E-state index in [1.54, 1.807) is 5.32 Å². The van der Waals surface area contributed by atoms with E-state index in [4.69, 9.17) is 0 Å². The van der Waals surface area contributed by atoms with Gasteiger partial charge in [-0.05, 0) is 0 Å². The molecule has 56 valence electrons. The zero-order valence-corrected chi connectivity index (χ0v) is 5.63. The predicted octanol–water partition coefficient (Wildman–Crippen LogP) is -1.18. The number of hydrogen-bond donors (Lipinski definition) is 1. The fourth-order valence-electron chi connectivity index (χ4n) is 0.304. The van der Waals surface area contributed by atoms with Crippen molar-refractivity contribution in [2.24, 2.45) is 0 Å². The van der Waals surface area contributed by atoms with Crippen molar-refractivity contribution in [1.29, 1.82) is 0 Å². The standard InChI is InChI=1S/C5H7NO4/c1-3(7)6-4(8)5(9)10-2/h1-2H3,(H,6,7,8).